The molecule has 0 radical (unpaired) electrons. The lowest BCUT2D eigenvalue weighted by Gasteiger charge is -2.15. The van der Waals surface area contributed by atoms with Crippen LogP contribution in [0.4, 0.5) is 17.1 Å². The second-order valence-corrected chi connectivity index (χ2v) is 5.98. The number of fused-ring (bicyclic) bond motifs is 1. The highest BCUT2D eigenvalue weighted by molar-refractivity contribution is 6.05. The number of benzene rings is 2. The summed E-state index contributed by atoms with van der Waals surface area (Å²) in [6.07, 6.45) is 0.774. The number of carbonyl (C=O) groups is 3. The van der Waals surface area contributed by atoms with Crippen LogP contribution in [0.5, 0.6) is 0 Å². The molecule has 0 saturated heterocycles. The van der Waals surface area contributed by atoms with E-state index in [-0.39, 0.29) is 17.7 Å². The van der Waals surface area contributed by atoms with Gasteiger partial charge in [0.2, 0.25) is 11.8 Å². The Labute approximate surface area is 145 Å². The first kappa shape index (κ1) is 16.7. The number of hydrogen-bond donors (Lipinski definition) is 2. The van der Waals surface area contributed by atoms with Crippen molar-refractivity contribution in [2.24, 2.45) is 0 Å². The molecule has 3 amide bonds. The van der Waals surface area contributed by atoms with Gasteiger partial charge in [-0.05, 0) is 48.4 Å². The zero-order chi connectivity index (χ0) is 18.0. The summed E-state index contributed by atoms with van der Waals surface area (Å²) in [4.78, 5) is 36.9. The van der Waals surface area contributed by atoms with Crippen LogP contribution in [0.2, 0.25) is 0 Å². The Morgan fingerprint density at radius 3 is 2.44 bits per heavy atom. The van der Waals surface area contributed by atoms with Gasteiger partial charge in [0.05, 0.1) is 0 Å². The van der Waals surface area contributed by atoms with Gasteiger partial charge in [0.25, 0.3) is 5.91 Å². The van der Waals surface area contributed by atoms with Gasteiger partial charge < -0.3 is 15.5 Å². The van der Waals surface area contributed by atoms with Gasteiger partial charge in [-0.3, -0.25) is 14.4 Å². The summed E-state index contributed by atoms with van der Waals surface area (Å²) >= 11 is 0. The molecule has 2 aromatic rings. The lowest BCUT2D eigenvalue weighted by atomic mass is 10.1. The zero-order valence-corrected chi connectivity index (χ0v) is 14.1. The maximum Gasteiger partial charge on any atom is 0.255 e. The predicted octanol–water partition coefficient (Wildman–Crippen LogP) is 2.81. The summed E-state index contributed by atoms with van der Waals surface area (Å²) in [7, 11) is 0. The van der Waals surface area contributed by atoms with Gasteiger partial charge in [0.1, 0.15) is 0 Å². The third-order valence-corrected chi connectivity index (χ3v) is 4.06. The van der Waals surface area contributed by atoms with Gasteiger partial charge in [-0.25, -0.2) is 0 Å². The standard InChI is InChI=1S/C19H19N3O3/c1-12(23)20-16-5-3-4-15(11-16)19(25)21-17-6-7-18-14(10-17)8-9-22(18)13(2)24/h3-7,10-11H,8-9H2,1-2H3,(H,20,23)(H,21,25). The zero-order valence-electron chi connectivity index (χ0n) is 14.1. The van der Waals surface area contributed by atoms with E-state index in [0.717, 1.165) is 17.7 Å². The normalized spacial score (nSPS) is 12.5. The summed E-state index contributed by atoms with van der Waals surface area (Å²) < 4.78 is 0. The van der Waals surface area contributed by atoms with Crippen molar-refractivity contribution in [1.82, 2.24) is 0 Å². The molecule has 1 aliphatic rings. The molecule has 0 aromatic heterocycles. The number of nitrogens with one attached hydrogen (secondary N) is 2. The van der Waals surface area contributed by atoms with Crippen LogP contribution in [0.25, 0.3) is 0 Å². The van der Waals surface area contributed by atoms with E-state index in [9.17, 15) is 14.4 Å². The van der Waals surface area contributed by atoms with E-state index in [2.05, 4.69) is 10.6 Å². The fraction of sp³-hybridized carbons (Fsp3) is 0.211. The van der Waals surface area contributed by atoms with Gasteiger partial charge in [0.15, 0.2) is 0 Å². The van der Waals surface area contributed by atoms with Crippen LogP contribution in [0.3, 0.4) is 0 Å². The smallest absolute Gasteiger partial charge is 0.255 e. The minimum absolute atomic E-state index is 0.0188. The van der Waals surface area contributed by atoms with Crippen molar-refractivity contribution >= 4 is 34.8 Å². The first-order chi connectivity index (χ1) is 11.9. The first-order valence-corrected chi connectivity index (χ1v) is 8.04. The summed E-state index contributed by atoms with van der Waals surface area (Å²) in [6.45, 7) is 3.63. The Hall–Kier alpha value is -3.15. The molecule has 0 atom stereocenters. The molecule has 6 heteroatoms. The van der Waals surface area contributed by atoms with Crippen LogP contribution < -0.4 is 15.5 Å². The van der Waals surface area contributed by atoms with Crippen molar-refractivity contribution in [2.75, 3.05) is 22.1 Å². The van der Waals surface area contributed by atoms with Crippen molar-refractivity contribution in [3.63, 3.8) is 0 Å². The molecule has 2 aromatic carbocycles. The highest BCUT2D eigenvalue weighted by Gasteiger charge is 2.22. The molecule has 1 heterocycles. The molecular weight excluding hydrogens is 318 g/mol. The lowest BCUT2D eigenvalue weighted by Crippen LogP contribution is -2.25. The third-order valence-electron chi connectivity index (χ3n) is 4.06. The number of carbonyl (C=O) groups excluding carboxylic acids is 3. The fourth-order valence-electron chi connectivity index (χ4n) is 2.95. The van der Waals surface area contributed by atoms with Crippen molar-refractivity contribution in [3.8, 4) is 0 Å². The molecular formula is C19H19N3O3. The van der Waals surface area contributed by atoms with E-state index in [1.54, 1.807) is 42.2 Å². The highest BCUT2D eigenvalue weighted by atomic mass is 16.2. The number of anilines is 3. The minimum Gasteiger partial charge on any atom is -0.326 e. The van der Waals surface area contributed by atoms with E-state index in [1.807, 2.05) is 12.1 Å². The molecule has 3 rings (SSSR count). The van der Waals surface area contributed by atoms with Gasteiger partial charge >= 0.3 is 0 Å². The molecule has 1 aliphatic heterocycles. The number of rotatable bonds is 3. The number of amides is 3. The minimum atomic E-state index is -0.256. The highest BCUT2D eigenvalue weighted by Crippen LogP contribution is 2.30. The Kier molecular flexibility index (Phi) is 4.52. The molecule has 0 spiro atoms. The van der Waals surface area contributed by atoms with Crippen molar-refractivity contribution < 1.29 is 14.4 Å². The third kappa shape index (κ3) is 3.68. The average molecular weight is 337 g/mol. The van der Waals surface area contributed by atoms with Gasteiger partial charge in [0, 0.05) is 43.0 Å². The molecule has 0 bridgehead atoms. The van der Waals surface area contributed by atoms with E-state index >= 15 is 0 Å². The molecule has 0 unspecified atom stereocenters. The summed E-state index contributed by atoms with van der Waals surface area (Å²) in [5.74, 6) is -0.426. The quantitative estimate of drug-likeness (QED) is 0.904. The van der Waals surface area contributed by atoms with Crippen molar-refractivity contribution in [2.45, 2.75) is 20.3 Å². The van der Waals surface area contributed by atoms with Crippen molar-refractivity contribution in [3.05, 3.63) is 53.6 Å². The van der Waals surface area contributed by atoms with Gasteiger partial charge in [-0.15, -0.1) is 0 Å². The van der Waals surface area contributed by atoms with E-state index in [0.29, 0.717) is 23.5 Å². The van der Waals surface area contributed by atoms with Crippen LogP contribution in [-0.4, -0.2) is 24.3 Å². The summed E-state index contributed by atoms with van der Waals surface area (Å²) in [5, 5.41) is 5.51. The van der Waals surface area contributed by atoms with Crippen LogP contribution in [-0.2, 0) is 16.0 Å². The predicted molar refractivity (Wildman–Crippen MR) is 96.9 cm³/mol. The van der Waals surface area contributed by atoms with E-state index in [1.165, 1.54) is 6.92 Å². The SMILES string of the molecule is CC(=O)Nc1cccc(C(=O)Nc2ccc3c(c2)CCN3C(C)=O)c1. The molecule has 128 valence electrons. The van der Waals surface area contributed by atoms with Gasteiger partial charge in [-0.2, -0.15) is 0 Å². The summed E-state index contributed by atoms with van der Waals surface area (Å²) in [6, 6.07) is 12.3. The maximum atomic E-state index is 12.4. The van der Waals surface area contributed by atoms with Crippen LogP contribution in [0, 0.1) is 0 Å². The molecule has 0 saturated carbocycles. The van der Waals surface area contributed by atoms with E-state index < -0.39 is 0 Å². The Morgan fingerprint density at radius 1 is 0.960 bits per heavy atom. The lowest BCUT2D eigenvalue weighted by molar-refractivity contribution is -0.116. The topological polar surface area (TPSA) is 78.5 Å². The second kappa shape index (κ2) is 6.76. The molecule has 2 N–H and O–H groups in total. The number of nitrogens with zero attached hydrogens (tertiary/aromatic N) is 1. The monoisotopic (exact) mass is 337 g/mol. The van der Waals surface area contributed by atoms with Crippen LogP contribution in [0.15, 0.2) is 42.5 Å². The summed E-state index contributed by atoms with van der Waals surface area (Å²) in [5.41, 5.74) is 3.65. The maximum absolute atomic E-state index is 12.4. The molecule has 25 heavy (non-hydrogen) atoms. The second-order valence-electron chi connectivity index (χ2n) is 5.98. The Balaban J connectivity index is 1.76. The van der Waals surface area contributed by atoms with E-state index in [4.69, 9.17) is 0 Å². The van der Waals surface area contributed by atoms with Crippen molar-refractivity contribution in [1.29, 1.82) is 0 Å². The van der Waals surface area contributed by atoms with Crippen LogP contribution in [0.1, 0.15) is 29.8 Å². The van der Waals surface area contributed by atoms with Crippen LogP contribution >= 0.6 is 0 Å². The molecule has 0 fully saturated rings. The number of hydrogen-bond acceptors (Lipinski definition) is 3. The fourth-order valence-corrected chi connectivity index (χ4v) is 2.95. The molecule has 0 aliphatic carbocycles. The first-order valence-electron chi connectivity index (χ1n) is 8.04. The Bertz CT molecular complexity index is 861. The molecule has 6 nitrogen and oxygen atoms in total. The van der Waals surface area contributed by atoms with Gasteiger partial charge in [-0.1, -0.05) is 6.07 Å². The largest absolute Gasteiger partial charge is 0.326 e. The average Bonchev–Trinajstić information content (AvgIpc) is 2.98. The Morgan fingerprint density at radius 2 is 1.72 bits per heavy atom.